The Morgan fingerprint density at radius 3 is 3.00 bits per heavy atom. The molecule has 60 valence electrons. The Kier molecular flexibility index (Phi) is 3.33. The van der Waals surface area contributed by atoms with Gasteiger partial charge in [0.2, 0.25) is 0 Å². The molecule has 0 aliphatic heterocycles. The monoisotopic (exact) mass is 170 g/mol. The van der Waals surface area contributed by atoms with Gasteiger partial charge in [0.25, 0.3) is 0 Å². The molecule has 0 fully saturated rings. The molecule has 0 saturated heterocycles. The predicted octanol–water partition coefficient (Wildman–Crippen LogP) is 1.63. The van der Waals surface area contributed by atoms with E-state index in [1.54, 1.807) is 18.5 Å². The van der Waals surface area contributed by atoms with Crippen molar-refractivity contribution < 1.29 is 0 Å². The van der Waals surface area contributed by atoms with Gasteiger partial charge in [0.05, 0.1) is 0 Å². The Labute approximate surface area is 71.4 Å². The Morgan fingerprint density at radius 1 is 1.55 bits per heavy atom. The molecule has 0 atom stereocenters. The first-order valence-corrected chi connectivity index (χ1v) is 4.01. The molecule has 2 N–H and O–H groups in total. The highest BCUT2D eigenvalue weighted by Crippen LogP contribution is 2.14. The van der Waals surface area contributed by atoms with Crippen molar-refractivity contribution in [3.8, 4) is 0 Å². The van der Waals surface area contributed by atoms with Crippen molar-refractivity contribution in [3.05, 3.63) is 29.0 Å². The molecule has 0 spiro atoms. The third-order valence-electron chi connectivity index (χ3n) is 1.49. The van der Waals surface area contributed by atoms with Crippen molar-refractivity contribution in [1.82, 2.24) is 4.98 Å². The van der Waals surface area contributed by atoms with Crippen molar-refractivity contribution >= 4 is 11.6 Å². The van der Waals surface area contributed by atoms with Crippen molar-refractivity contribution in [3.63, 3.8) is 0 Å². The first kappa shape index (κ1) is 8.50. The standard InChI is InChI=1S/C8H11ClN2/c9-8-3-5-11-6-7(8)2-1-4-10/h3,5-6H,1-2,4,10H2. The van der Waals surface area contributed by atoms with Gasteiger partial charge in [0.15, 0.2) is 0 Å². The SMILES string of the molecule is NCCCc1cnccc1Cl. The third-order valence-corrected chi connectivity index (χ3v) is 1.86. The normalized spacial score (nSPS) is 10.0. The summed E-state index contributed by atoms with van der Waals surface area (Å²) in [4.78, 5) is 3.97. The highest BCUT2D eigenvalue weighted by atomic mass is 35.5. The zero-order chi connectivity index (χ0) is 8.10. The molecular weight excluding hydrogens is 160 g/mol. The third kappa shape index (κ3) is 2.48. The first-order chi connectivity index (χ1) is 5.34. The highest BCUT2D eigenvalue weighted by Gasteiger charge is 1.97. The summed E-state index contributed by atoms with van der Waals surface area (Å²) in [6.45, 7) is 0.700. The summed E-state index contributed by atoms with van der Waals surface area (Å²) in [7, 11) is 0. The predicted molar refractivity (Wildman–Crippen MR) is 46.6 cm³/mol. The van der Waals surface area contributed by atoms with Crippen LogP contribution < -0.4 is 5.73 Å². The van der Waals surface area contributed by atoms with E-state index < -0.39 is 0 Å². The Hall–Kier alpha value is -0.600. The molecule has 1 rings (SSSR count). The second kappa shape index (κ2) is 4.31. The van der Waals surface area contributed by atoms with Crippen LogP contribution in [0.5, 0.6) is 0 Å². The molecule has 0 amide bonds. The molecule has 1 aromatic heterocycles. The van der Waals surface area contributed by atoms with Gasteiger partial charge in [-0.2, -0.15) is 0 Å². The topological polar surface area (TPSA) is 38.9 Å². The summed E-state index contributed by atoms with van der Waals surface area (Å²) in [5.41, 5.74) is 6.45. The van der Waals surface area contributed by atoms with E-state index in [0.717, 1.165) is 23.4 Å². The number of aryl methyl sites for hydroxylation is 1. The number of rotatable bonds is 3. The summed E-state index contributed by atoms with van der Waals surface area (Å²) in [6.07, 6.45) is 5.36. The number of pyridine rings is 1. The molecule has 0 bridgehead atoms. The van der Waals surface area contributed by atoms with Crippen LogP contribution in [-0.4, -0.2) is 11.5 Å². The van der Waals surface area contributed by atoms with Crippen LogP contribution in [0.25, 0.3) is 0 Å². The maximum absolute atomic E-state index is 5.88. The van der Waals surface area contributed by atoms with Gasteiger partial charge in [-0.05, 0) is 31.0 Å². The minimum Gasteiger partial charge on any atom is -0.330 e. The summed E-state index contributed by atoms with van der Waals surface area (Å²) < 4.78 is 0. The van der Waals surface area contributed by atoms with E-state index in [1.807, 2.05) is 0 Å². The van der Waals surface area contributed by atoms with Crippen LogP contribution >= 0.6 is 11.6 Å². The molecule has 0 aromatic carbocycles. The van der Waals surface area contributed by atoms with E-state index >= 15 is 0 Å². The Bertz CT molecular complexity index is 225. The zero-order valence-electron chi connectivity index (χ0n) is 6.26. The van der Waals surface area contributed by atoms with Crippen molar-refractivity contribution in [2.75, 3.05) is 6.54 Å². The fraction of sp³-hybridized carbons (Fsp3) is 0.375. The molecule has 1 heterocycles. The van der Waals surface area contributed by atoms with Gasteiger partial charge in [-0.1, -0.05) is 11.6 Å². The summed E-state index contributed by atoms with van der Waals surface area (Å²) in [5.74, 6) is 0. The van der Waals surface area contributed by atoms with Crippen LogP contribution in [0, 0.1) is 0 Å². The molecular formula is C8H11ClN2. The quantitative estimate of drug-likeness (QED) is 0.749. The lowest BCUT2D eigenvalue weighted by atomic mass is 10.1. The van der Waals surface area contributed by atoms with Gasteiger partial charge in [-0.25, -0.2) is 0 Å². The molecule has 2 nitrogen and oxygen atoms in total. The fourth-order valence-corrected chi connectivity index (χ4v) is 1.09. The number of hydrogen-bond donors (Lipinski definition) is 1. The van der Waals surface area contributed by atoms with Crippen LogP contribution in [0.15, 0.2) is 18.5 Å². The van der Waals surface area contributed by atoms with E-state index in [4.69, 9.17) is 17.3 Å². The summed E-state index contributed by atoms with van der Waals surface area (Å²) >= 11 is 5.88. The lowest BCUT2D eigenvalue weighted by Crippen LogP contribution is -2.00. The molecule has 11 heavy (non-hydrogen) atoms. The molecule has 0 unspecified atom stereocenters. The largest absolute Gasteiger partial charge is 0.330 e. The van der Waals surface area contributed by atoms with Crippen molar-refractivity contribution in [2.45, 2.75) is 12.8 Å². The number of nitrogens with two attached hydrogens (primary N) is 1. The van der Waals surface area contributed by atoms with Gasteiger partial charge in [-0.3, -0.25) is 4.98 Å². The second-order valence-corrected chi connectivity index (χ2v) is 2.77. The van der Waals surface area contributed by atoms with Crippen LogP contribution in [0.2, 0.25) is 5.02 Å². The van der Waals surface area contributed by atoms with Crippen LogP contribution in [0.4, 0.5) is 0 Å². The minimum absolute atomic E-state index is 0.700. The molecule has 1 aromatic rings. The van der Waals surface area contributed by atoms with Gasteiger partial charge in [-0.15, -0.1) is 0 Å². The lowest BCUT2D eigenvalue weighted by Gasteiger charge is -2.00. The van der Waals surface area contributed by atoms with Gasteiger partial charge >= 0.3 is 0 Å². The lowest BCUT2D eigenvalue weighted by molar-refractivity contribution is 0.829. The maximum atomic E-state index is 5.88. The van der Waals surface area contributed by atoms with Crippen LogP contribution in [0.3, 0.4) is 0 Å². The van der Waals surface area contributed by atoms with E-state index in [0.29, 0.717) is 6.54 Å². The smallest absolute Gasteiger partial charge is 0.0468 e. The zero-order valence-corrected chi connectivity index (χ0v) is 7.01. The highest BCUT2D eigenvalue weighted by molar-refractivity contribution is 6.31. The van der Waals surface area contributed by atoms with Gasteiger partial charge in [0.1, 0.15) is 0 Å². The summed E-state index contributed by atoms with van der Waals surface area (Å²) in [6, 6.07) is 1.80. The van der Waals surface area contributed by atoms with Crippen molar-refractivity contribution in [1.29, 1.82) is 0 Å². The van der Waals surface area contributed by atoms with Gasteiger partial charge in [0, 0.05) is 17.4 Å². The van der Waals surface area contributed by atoms with Crippen molar-refractivity contribution in [2.24, 2.45) is 5.73 Å². The summed E-state index contributed by atoms with van der Waals surface area (Å²) in [5, 5.41) is 0.786. The van der Waals surface area contributed by atoms with Crippen LogP contribution in [-0.2, 0) is 6.42 Å². The van der Waals surface area contributed by atoms with E-state index in [9.17, 15) is 0 Å². The minimum atomic E-state index is 0.700. The number of hydrogen-bond acceptors (Lipinski definition) is 2. The molecule has 0 aliphatic carbocycles. The van der Waals surface area contributed by atoms with Gasteiger partial charge < -0.3 is 5.73 Å². The van der Waals surface area contributed by atoms with E-state index in [-0.39, 0.29) is 0 Å². The number of aromatic nitrogens is 1. The maximum Gasteiger partial charge on any atom is 0.0468 e. The van der Waals surface area contributed by atoms with Crippen LogP contribution in [0.1, 0.15) is 12.0 Å². The Balaban J connectivity index is 2.62. The average molecular weight is 171 g/mol. The second-order valence-electron chi connectivity index (χ2n) is 2.36. The van der Waals surface area contributed by atoms with E-state index in [1.165, 1.54) is 0 Å². The van der Waals surface area contributed by atoms with E-state index in [2.05, 4.69) is 4.98 Å². The molecule has 0 saturated carbocycles. The molecule has 0 radical (unpaired) electrons. The molecule has 0 aliphatic rings. The average Bonchev–Trinajstić information content (AvgIpc) is 2.03. The fourth-order valence-electron chi connectivity index (χ4n) is 0.887. The number of halogens is 1. The first-order valence-electron chi connectivity index (χ1n) is 3.63. The number of nitrogens with zero attached hydrogens (tertiary/aromatic N) is 1. The Morgan fingerprint density at radius 2 is 2.36 bits per heavy atom. The molecule has 3 heteroatoms.